The predicted molar refractivity (Wildman–Crippen MR) is 54.9 cm³/mol. The fraction of sp³-hybridized carbons (Fsp3) is 0.100. The molecule has 3 rings (SSSR count). The highest BCUT2D eigenvalue weighted by atomic mass is 16.1. The van der Waals surface area contributed by atoms with Crippen LogP contribution in [0.5, 0.6) is 0 Å². The van der Waals surface area contributed by atoms with Crippen molar-refractivity contribution in [3.05, 3.63) is 46.6 Å². The molecule has 0 saturated carbocycles. The van der Waals surface area contributed by atoms with Gasteiger partial charge in [-0.3, -0.25) is 9.78 Å². The third-order valence-corrected chi connectivity index (χ3v) is 2.43. The minimum atomic E-state index is -0.190. The van der Waals surface area contributed by atoms with Crippen molar-refractivity contribution in [3.63, 3.8) is 0 Å². The van der Waals surface area contributed by atoms with Crippen molar-refractivity contribution in [1.29, 1.82) is 0 Å². The van der Waals surface area contributed by atoms with E-state index in [0.717, 1.165) is 23.6 Å². The summed E-state index contributed by atoms with van der Waals surface area (Å²) in [6.45, 7) is 0.737. The van der Waals surface area contributed by atoms with Gasteiger partial charge in [-0.2, -0.15) is 5.10 Å². The van der Waals surface area contributed by atoms with E-state index in [4.69, 9.17) is 0 Å². The smallest absolute Gasteiger partial charge is 0.266 e. The van der Waals surface area contributed by atoms with Gasteiger partial charge in [0.2, 0.25) is 0 Å². The quantitative estimate of drug-likeness (QED) is 0.740. The van der Waals surface area contributed by atoms with Crippen LogP contribution in [0.3, 0.4) is 0 Å². The second-order valence-electron chi connectivity index (χ2n) is 3.36. The van der Waals surface area contributed by atoms with Crippen LogP contribution < -0.4 is 10.5 Å². The summed E-state index contributed by atoms with van der Waals surface area (Å²) in [4.78, 5) is 17.3. The first-order valence-electron chi connectivity index (χ1n) is 4.61. The van der Waals surface area contributed by atoms with Gasteiger partial charge < -0.3 is 4.90 Å². The molecule has 0 amide bonds. The van der Waals surface area contributed by atoms with Crippen LogP contribution in [0.4, 0.5) is 11.4 Å². The van der Waals surface area contributed by atoms with E-state index in [9.17, 15) is 4.79 Å². The molecule has 1 aliphatic rings. The maximum atomic E-state index is 11.1. The van der Waals surface area contributed by atoms with Crippen LogP contribution in [0.25, 0.3) is 0 Å². The Morgan fingerprint density at radius 1 is 1.47 bits per heavy atom. The summed E-state index contributed by atoms with van der Waals surface area (Å²) < 4.78 is 0. The zero-order valence-corrected chi connectivity index (χ0v) is 7.84. The molecule has 0 atom stereocenters. The molecule has 2 aromatic rings. The van der Waals surface area contributed by atoms with E-state index in [2.05, 4.69) is 15.2 Å². The Morgan fingerprint density at radius 2 is 2.40 bits per heavy atom. The fourth-order valence-corrected chi connectivity index (χ4v) is 1.68. The van der Waals surface area contributed by atoms with Crippen molar-refractivity contribution < 1.29 is 0 Å². The number of H-pyrrole nitrogens is 1. The number of nitrogens with one attached hydrogen (secondary N) is 1. The van der Waals surface area contributed by atoms with E-state index in [1.54, 1.807) is 12.4 Å². The highest BCUT2D eigenvalue weighted by Crippen LogP contribution is 2.36. The predicted octanol–water partition coefficient (Wildman–Crippen LogP) is 0.817. The van der Waals surface area contributed by atoms with Gasteiger partial charge in [0.05, 0.1) is 29.8 Å². The van der Waals surface area contributed by atoms with Gasteiger partial charge in [0.25, 0.3) is 5.56 Å². The topological polar surface area (TPSA) is 61.9 Å². The van der Waals surface area contributed by atoms with E-state index in [0.29, 0.717) is 0 Å². The number of nitrogens with zero attached hydrogens (tertiary/aromatic N) is 3. The summed E-state index contributed by atoms with van der Waals surface area (Å²) in [6, 6.07) is 5.39. The minimum Gasteiger partial charge on any atom is -0.332 e. The number of hydrogen-bond acceptors (Lipinski definition) is 4. The Labute approximate surface area is 85.4 Å². The Hall–Kier alpha value is -2.17. The first-order valence-corrected chi connectivity index (χ1v) is 4.61. The number of pyridine rings is 1. The van der Waals surface area contributed by atoms with E-state index in [1.165, 1.54) is 6.07 Å². The molecule has 1 aliphatic heterocycles. The number of anilines is 2. The SMILES string of the molecule is O=c1cc(N2Cc3ncccc32)cn[nH]1. The van der Waals surface area contributed by atoms with E-state index >= 15 is 0 Å². The normalized spacial score (nSPS) is 13.2. The Kier molecular flexibility index (Phi) is 1.58. The minimum absolute atomic E-state index is 0.190. The Morgan fingerprint density at radius 3 is 3.20 bits per heavy atom. The Balaban J connectivity index is 2.03. The van der Waals surface area contributed by atoms with Crippen molar-refractivity contribution >= 4 is 11.4 Å². The van der Waals surface area contributed by atoms with Gasteiger partial charge in [-0.15, -0.1) is 0 Å². The van der Waals surface area contributed by atoms with Gasteiger partial charge in [-0.25, -0.2) is 5.10 Å². The summed E-state index contributed by atoms with van der Waals surface area (Å²) in [7, 11) is 0. The largest absolute Gasteiger partial charge is 0.332 e. The first kappa shape index (κ1) is 8.16. The molecule has 0 aliphatic carbocycles. The van der Waals surface area contributed by atoms with Gasteiger partial charge in [0.1, 0.15) is 0 Å². The summed E-state index contributed by atoms with van der Waals surface area (Å²) in [5.41, 5.74) is 2.71. The van der Waals surface area contributed by atoms with Crippen molar-refractivity contribution in [1.82, 2.24) is 15.2 Å². The van der Waals surface area contributed by atoms with Crippen LogP contribution in [0.2, 0.25) is 0 Å². The molecule has 5 nitrogen and oxygen atoms in total. The summed E-state index contributed by atoms with van der Waals surface area (Å²) in [5.74, 6) is 0. The van der Waals surface area contributed by atoms with Crippen LogP contribution in [0.1, 0.15) is 5.69 Å². The standard InChI is InChI=1S/C10H8N4O/c15-10-4-7(5-12-13-10)14-6-8-9(14)2-1-3-11-8/h1-5H,6H2,(H,13,15). The molecule has 0 aromatic carbocycles. The molecule has 0 spiro atoms. The third kappa shape index (κ3) is 1.20. The van der Waals surface area contributed by atoms with Gasteiger partial charge >= 0.3 is 0 Å². The van der Waals surface area contributed by atoms with Crippen LogP contribution >= 0.6 is 0 Å². The summed E-state index contributed by atoms with van der Waals surface area (Å²) in [5, 5.41) is 6.11. The van der Waals surface area contributed by atoms with Crippen molar-refractivity contribution in [2.45, 2.75) is 6.54 Å². The summed E-state index contributed by atoms with van der Waals surface area (Å²) in [6.07, 6.45) is 3.41. The molecule has 5 heteroatoms. The lowest BCUT2D eigenvalue weighted by Gasteiger charge is -2.34. The molecule has 0 bridgehead atoms. The molecular formula is C10H8N4O. The van der Waals surface area contributed by atoms with Gasteiger partial charge in [0.15, 0.2) is 0 Å². The van der Waals surface area contributed by atoms with Gasteiger partial charge in [-0.05, 0) is 12.1 Å². The third-order valence-electron chi connectivity index (χ3n) is 2.43. The zero-order valence-electron chi connectivity index (χ0n) is 7.84. The molecule has 0 radical (unpaired) electrons. The number of aromatic nitrogens is 3. The lowest BCUT2D eigenvalue weighted by molar-refractivity contribution is 0.823. The fourth-order valence-electron chi connectivity index (χ4n) is 1.68. The molecule has 0 unspecified atom stereocenters. The summed E-state index contributed by atoms with van der Waals surface area (Å²) >= 11 is 0. The van der Waals surface area contributed by atoms with Crippen LogP contribution in [-0.2, 0) is 6.54 Å². The average Bonchev–Trinajstić information content (AvgIpc) is 2.20. The van der Waals surface area contributed by atoms with E-state index in [1.807, 2.05) is 17.0 Å². The Bertz CT molecular complexity index is 563. The maximum absolute atomic E-state index is 11.1. The van der Waals surface area contributed by atoms with E-state index < -0.39 is 0 Å². The van der Waals surface area contributed by atoms with E-state index in [-0.39, 0.29) is 5.56 Å². The number of fused-ring (bicyclic) bond motifs is 1. The van der Waals surface area contributed by atoms with Crippen molar-refractivity contribution in [2.75, 3.05) is 4.90 Å². The van der Waals surface area contributed by atoms with Crippen molar-refractivity contribution in [2.24, 2.45) is 0 Å². The second kappa shape index (κ2) is 2.91. The van der Waals surface area contributed by atoms with Gasteiger partial charge in [0, 0.05) is 12.3 Å². The first-order chi connectivity index (χ1) is 7.34. The number of rotatable bonds is 1. The number of hydrogen-bond donors (Lipinski definition) is 1. The second-order valence-corrected chi connectivity index (χ2v) is 3.36. The highest BCUT2D eigenvalue weighted by Gasteiger charge is 2.24. The molecule has 0 saturated heterocycles. The molecule has 3 heterocycles. The highest BCUT2D eigenvalue weighted by molar-refractivity contribution is 5.70. The average molecular weight is 200 g/mol. The maximum Gasteiger partial charge on any atom is 0.266 e. The van der Waals surface area contributed by atoms with Crippen LogP contribution in [0, 0.1) is 0 Å². The van der Waals surface area contributed by atoms with Crippen LogP contribution in [-0.4, -0.2) is 15.2 Å². The molecule has 74 valence electrons. The number of aromatic amines is 1. The molecular weight excluding hydrogens is 192 g/mol. The monoisotopic (exact) mass is 200 g/mol. The lowest BCUT2D eigenvalue weighted by atomic mass is 10.1. The molecule has 1 N–H and O–H groups in total. The molecule has 15 heavy (non-hydrogen) atoms. The molecule has 0 fully saturated rings. The lowest BCUT2D eigenvalue weighted by Crippen LogP contribution is -2.29. The van der Waals surface area contributed by atoms with Gasteiger partial charge in [-0.1, -0.05) is 0 Å². The zero-order chi connectivity index (χ0) is 10.3. The molecule has 2 aromatic heterocycles. The van der Waals surface area contributed by atoms with Crippen molar-refractivity contribution in [3.8, 4) is 0 Å². The van der Waals surface area contributed by atoms with Crippen LogP contribution in [0.15, 0.2) is 35.4 Å².